The van der Waals surface area contributed by atoms with E-state index in [9.17, 15) is 4.79 Å². The fraction of sp³-hybridized carbons (Fsp3) is 0.353. The molecule has 1 saturated heterocycles. The normalized spacial score (nSPS) is 21.9. The molecule has 1 N–H and O–H groups in total. The van der Waals surface area contributed by atoms with E-state index in [1.165, 1.54) is 5.56 Å². The van der Waals surface area contributed by atoms with Gasteiger partial charge in [0.15, 0.2) is 0 Å². The molecule has 2 atom stereocenters. The number of carbonyl (C=O) groups excluding carboxylic acids is 1. The van der Waals surface area contributed by atoms with Gasteiger partial charge in [0.25, 0.3) is 0 Å². The molecule has 5 heteroatoms. The van der Waals surface area contributed by atoms with Crippen molar-refractivity contribution >= 4 is 5.91 Å². The predicted molar refractivity (Wildman–Crippen MR) is 85.4 cm³/mol. The lowest BCUT2D eigenvalue weighted by Crippen LogP contribution is -2.33. The van der Waals surface area contributed by atoms with E-state index >= 15 is 0 Å². The number of hydrogen-bond acceptors (Lipinski definition) is 3. The third kappa shape index (κ3) is 3.20. The van der Waals surface area contributed by atoms with Crippen molar-refractivity contribution in [2.24, 2.45) is 11.8 Å². The molecule has 0 spiro atoms. The van der Waals surface area contributed by atoms with Crippen LogP contribution in [0.2, 0.25) is 0 Å². The molecule has 1 fully saturated rings. The average molecular weight is 297 g/mol. The van der Waals surface area contributed by atoms with Crippen molar-refractivity contribution in [3.63, 3.8) is 0 Å². The Kier molecular flexibility index (Phi) is 4.24. The molecule has 5 nitrogen and oxygen atoms in total. The molecule has 0 aliphatic carbocycles. The van der Waals surface area contributed by atoms with Crippen LogP contribution in [-0.2, 0) is 11.3 Å². The number of imidazole rings is 1. The fourth-order valence-electron chi connectivity index (χ4n) is 3.00. The van der Waals surface area contributed by atoms with Gasteiger partial charge >= 0.3 is 0 Å². The molecule has 1 radical (unpaired) electrons. The Bertz CT molecular complexity index is 637. The lowest BCUT2D eigenvalue weighted by atomic mass is 9.98. The third-order valence-corrected chi connectivity index (χ3v) is 4.22. The van der Waals surface area contributed by atoms with Crippen molar-refractivity contribution in [2.45, 2.75) is 13.5 Å². The van der Waals surface area contributed by atoms with E-state index in [-0.39, 0.29) is 11.8 Å². The molecule has 1 aromatic carbocycles. The van der Waals surface area contributed by atoms with Crippen molar-refractivity contribution < 1.29 is 4.79 Å². The molecule has 1 aliphatic rings. The maximum absolute atomic E-state index is 12.5. The zero-order valence-electron chi connectivity index (χ0n) is 12.8. The predicted octanol–water partition coefficient (Wildman–Crippen LogP) is 1.90. The number of carbonyl (C=O) groups is 1. The molecule has 22 heavy (non-hydrogen) atoms. The van der Waals surface area contributed by atoms with Gasteiger partial charge in [-0.3, -0.25) is 15.1 Å². The van der Waals surface area contributed by atoms with Gasteiger partial charge in [-0.15, -0.1) is 0 Å². The molecule has 1 aromatic heterocycles. The molecule has 0 bridgehead atoms. The maximum atomic E-state index is 12.5. The Morgan fingerprint density at radius 2 is 2.14 bits per heavy atom. The topological polar surface area (TPSA) is 50.2 Å². The Morgan fingerprint density at radius 3 is 2.82 bits per heavy atom. The van der Waals surface area contributed by atoms with Gasteiger partial charge in [0.2, 0.25) is 5.91 Å². The van der Waals surface area contributed by atoms with Crippen LogP contribution in [0.25, 0.3) is 0 Å². The first-order chi connectivity index (χ1) is 10.6. The van der Waals surface area contributed by atoms with E-state index in [2.05, 4.69) is 41.3 Å². The molecule has 2 heterocycles. The number of aromatic nitrogens is 2. The Morgan fingerprint density at radius 1 is 1.36 bits per heavy atom. The fourth-order valence-corrected chi connectivity index (χ4v) is 3.00. The van der Waals surface area contributed by atoms with Gasteiger partial charge in [0, 0.05) is 19.6 Å². The van der Waals surface area contributed by atoms with E-state index in [1.54, 1.807) is 17.2 Å². The lowest BCUT2D eigenvalue weighted by molar-refractivity contribution is -0.121. The van der Waals surface area contributed by atoms with Crippen molar-refractivity contribution in [1.82, 2.24) is 14.6 Å². The van der Waals surface area contributed by atoms with E-state index in [1.807, 2.05) is 18.2 Å². The van der Waals surface area contributed by atoms with E-state index in [0.717, 1.165) is 19.6 Å². The molecule has 3 rings (SSSR count). The minimum Gasteiger partial charge on any atom is -0.298 e. The third-order valence-electron chi connectivity index (χ3n) is 4.22. The first kappa shape index (κ1) is 14.8. The second-order valence-electron chi connectivity index (χ2n) is 5.99. The van der Waals surface area contributed by atoms with Crippen LogP contribution in [-0.4, -0.2) is 33.6 Å². The van der Waals surface area contributed by atoms with Crippen LogP contribution in [0.5, 0.6) is 0 Å². The number of nitrogens with zero attached hydrogens (tertiary/aromatic N) is 3. The highest BCUT2D eigenvalue weighted by atomic mass is 16.2. The van der Waals surface area contributed by atoms with Gasteiger partial charge in [-0.25, -0.2) is 9.66 Å². The van der Waals surface area contributed by atoms with Crippen LogP contribution in [0.1, 0.15) is 18.2 Å². The summed E-state index contributed by atoms with van der Waals surface area (Å²) < 4.78 is 1.58. The summed E-state index contributed by atoms with van der Waals surface area (Å²) in [5, 5.41) is 0. The SMILES string of the molecule is [CH2]c1cncn1NC(=O)C1CN(Cc2ccccc2)CC1C. The number of hydrogen-bond donors (Lipinski definition) is 1. The second-order valence-corrected chi connectivity index (χ2v) is 5.99. The molecular weight excluding hydrogens is 276 g/mol. The van der Waals surface area contributed by atoms with Gasteiger partial charge in [-0.1, -0.05) is 37.3 Å². The number of nitrogens with one attached hydrogen (secondary N) is 1. The number of amides is 1. The van der Waals surface area contributed by atoms with Gasteiger partial charge in [0.05, 0.1) is 17.8 Å². The van der Waals surface area contributed by atoms with Gasteiger partial charge < -0.3 is 0 Å². The van der Waals surface area contributed by atoms with Crippen molar-refractivity contribution in [2.75, 3.05) is 18.5 Å². The van der Waals surface area contributed by atoms with Gasteiger partial charge in [-0.2, -0.15) is 0 Å². The van der Waals surface area contributed by atoms with Gasteiger partial charge in [0.1, 0.15) is 6.33 Å². The quantitative estimate of drug-likeness (QED) is 0.938. The standard InChI is InChI=1S/C17H21N4O/c1-13-9-20(10-15-6-4-3-5-7-15)11-16(13)17(22)19-21-12-18-8-14(21)2/h3-8,12-13,16H,2,9-11H2,1H3,(H,19,22). The Labute approximate surface area is 130 Å². The monoisotopic (exact) mass is 297 g/mol. The lowest BCUT2D eigenvalue weighted by Gasteiger charge is -2.16. The minimum atomic E-state index is -0.00878. The van der Waals surface area contributed by atoms with Crippen molar-refractivity contribution in [3.05, 3.63) is 61.0 Å². The number of benzene rings is 1. The highest BCUT2D eigenvalue weighted by Crippen LogP contribution is 2.25. The Hall–Kier alpha value is -2.14. The summed E-state index contributed by atoms with van der Waals surface area (Å²) in [6, 6.07) is 10.4. The van der Waals surface area contributed by atoms with Crippen LogP contribution in [0.4, 0.5) is 0 Å². The van der Waals surface area contributed by atoms with Crippen molar-refractivity contribution in [1.29, 1.82) is 0 Å². The molecule has 0 saturated carbocycles. The molecular formula is C17H21N4O. The second kappa shape index (κ2) is 6.32. The molecule has 115 valence electrons. The van der Waals surface area contributed by atoms with Crippen LogP contribution >= 0.6 is 0 Å². The molecule has 1 amide bonds. The van der Waals surface area contributed by atoms with Crippen LogP contribution < -0.4 is 5.43 Å². The van der Waals surface area contributed by atoms with E-state index in [0.29, 0.717) is 11.6 Å². The smallest absolute Gasteiger partial charge is 0.243 e. The largest absolute Gasteiger partial charge is 0.298 e. The molecule has 2 aromatic rings. The van der Waals surface area contributed by atoms with Crippen LogP contribution in [0.3, 0.4) is 0 Å². The maximum Gasteiger partial charge on any atom is 0.243 e. The van der Waals surface area contributed by atoms with Crippen LogP contribution in [0.15, 0.2) is 42.9 Å². The van der Waals surface area contributed by atoms with Crippen LogP contribution in [0, 0.1) is 18.8 Å². The number of likely N-dealkylation sites (tertiary alicyclic amines) is 1. The summed E-state index contributed by atoms with van der Waals surface area (Å²) in [6.45, 7) is 8.57. The zero-order valence-corrected chi connectivity index (χ0v) is 12.8. The van der Waals surface area contributed by atoms with E-state index in [4.69, 9.17) is 0 Å². The Balaban J connectivity index is 1.61. The van der Waals surface area contributed by atoms with Gasteiger partial charge in [-0.05, 0) is 18.4 Å². The summed E-state index contributed by atoms with van der Waals surface area (Å²) in [5.41, 5.74) is 4.84. The van der Waals surface area contributed by atoms with E-state index < -0.39 is 0 Å². The first-order valence-electron chi connectivity index (χ1n) is 7.55. The summed E-state index contributed by atoms with van der Waals surface area (Å²) in [6.07, 6.45) is 3.20. The molecule has 2 unspecified atom stereocenters. The summed E-state index contributed by atoms with van der Waals surface area (Å²) >= 11 is 0. The molecule has 1 aliphatic heterocycles. The summed E-state index contributed by atoms with van der Waals surface area (Å²) in [5.74, 6) is 0.358. The number of rotatable bonds is 4. The highest BCUT2D eigenvalue weighted by Gasteiger charge is 2.34. The van der Waals surface area contributed by atoms with Crippen molar-refractivity contribution in [3.8, 4) is 0 Å². The summed E-state index contributed by atoms with van der Waals surface area (Å²) in [7, 11) is 0. The summed E-state index contributed by atoms with van der Waals surface area (Å²) in [4.78, 5) is 18.8. The first-order valence-corrected chi connectivity index (χ1v) is 7.55. The zero-order chi connectivity index (χ0) is 15.5. The minimum absolute atomic E-state index is 0.00878. The average Bonchev–Trinajstić information content (AvgIpc) is 3.06. The highest BCUT2D eigenvalue weighted by molar-refractivity contribution is 5.86.